The third-order valence-electron chi connectivity index (χ3n) is 1.74. The Morgan fingerprint density at radius 3 is 2.56 bits per heavy atom. The fraction of sp³-hybridized carbons (Fsp3) is 0.0909. The molecular weight excluding hydrogens is 264 g/mol. The van der Waals surface area contributed by atoms with E-state index in [-0.39, 0.29) is 10.6 Å². The van der Waals surface area contributed by atoms with Gasteiger partial charge < -0.3 is 10.4 Å². The number of hydrogen-bond donors (Lipinski definition) is 2. The average Bonchev–Trinajstić information content (AvgIpc) is 2.28. The molecule has 0 saturated heterocycles. The van der Waals surface area contributed by atoms with Gasteiger partial charge in [-0.15, -0.1) is 0 Å². The lowest BCUT2D eigenvalue weighted by Crippen LogP contribution is -2.09. The lowest BCUT2D eigenvalue weighted by Gasteiger charge is -2.08. The van der Waals surface area contributed by atoms with E-state index in [4.69, 9.17) is 5.11 Å². The van der Waals surface area contributed by atoms with E-state index in [1.807, 2.05) is 0 Å². The van der Waals surface area contributed by atoms with Crippen LogP contribution < -0.4 is 5.32 Å². The second-order valence-corrected chi connectivity index (χ2v) is 4.07. The van der Waals surface area contributed by atoms with Crippen molar-refractivity contribution in [2.24, 2.45) is 0 Å². The van der Waals surface area contributed by atoms with Gasteiger partial charge >= 0.3 is 5.97 Å². The van der Waals surface area contributed by atoms with Crippen molar-refractivity contribution in [3.05, 3.63) is 36.4 Å². The highest BCUT2D eigenvalue weighted by Crippen LogP contribution is 2.31. The number of carbonyl (C=O) groups is 2. The summed E-state index contributed by atoms with van der Waals surface area (Å²) in [5.74, 6) is -4.56. The second-order valence-electron chi connectivity index (χ2n) is 3.04. The van der Waals surface area contributed by atoms with Crippen LogP contribution in [-0.4, -0.2) is 22.7 Å². The van der Waals surface area contributed by atoms with E-state index in [2.05, 4.69) is 5.32 Å². The molecule has 0 aliphatic carbocycles. The number of hydrogen-bond acceptors (Lipinski definition) is 3. The van der Waals surface area contributed by atoms with Crippen LogP contribution in [0.1, 0.15) is 0 Å². The lowest BCUT2D eigenvalue weighted by atomic mass is 10.3. The monoisotopic (exact) mass is 273 g/mol. The predicted octanol–water partition coefficient (Wildman–Crippen LogP) is 2.58. The summed E-state index contributed by atoms with van der Waals surface area (Å²) in [6, 6.07) is 6.03. The van der Waals surface area contributed by atoms with Crippen LogP contribution in [0, 0.1) is 0 Å². The number of thioether (sulfide) groups is 1. The molecule has 0 bridgehead atoms. The Morgan fingerprint density at radius 2 is 1.94 bits per heavy atom. The van der Waals surface area contributed by atoms with Crippen molar-refractivity contribution in [1.29, 1.82) is 0 Å². The molecule has 96 valence electrons. The molecule has 0 aliphatic rings. The van der Waals surface area contributed by atoms with E-state index in [0.29, 0.717) is 17.8 Å². The Labute approximate surface area is 106 Å². The average molecular weight is 273 g/mol. The molecular formula is C11H9F2NO3S. The number of rotatable bonds is 5. The quantitative estimate of drug-likeness (QED) is 0.639. The molecule has 7 heteroatoms. The minimum atomic E-state index is -2.60. The Kier molecular flexibility index (Phi) is 5.31. The van der Waals surface area contributed by atoms with Crippen molar-refractivity contribution in [3.63, 3.8) is 0 Å². The van der Waals surface area contributed by atoms with Gasteiger partial charge in [-0.2, -0.15) is 8.78 Å². The summed E-state index contributed by atoms with van der Waals surface area (Å²) in [6.07, 6.45) is 1.48. The second kappa shape index (κ2) is 6.75. The van der Waals surface area contributed by atoms with Gasteiger partial charge in [-0.25, -0.2) is 4.79 Å². The molecule has 0 spiro atoms. The molecule has 1 aromatic rings. The van der Waals surface area contributed by atoms with E-state index in [9.17, 15) is 18.4 Å². The molecule has 18 heavy (non-hydrogen) atoms. The smallest absolute Gasteiger partial charge is 0.328 e. The number of aliphatic carboxylic acids is 1. The number of alkyl halides is 2. The number of anilines is 1. The summed E-state index contributed by atoms with van der Waals surface area (Å²) in [5.41, 5.74) is 0.211. The van der Waals surface area contributed by atoms with Crippen LogP contribution in [0.3, 0.4) is 0 Å². The van der Waals surface area contributed by atoms with Crippen LogP contribution in [0.4, 0.5) is 14.5 Å². The SMILES string of the molecule is O=C(O)C=CC(=O)Nc1ccccc1SC(F)F. The molecule has 0 aromatic heterocycles. The molecule has 0 radical (unpaired) electrons. The molecule has 0 saturated carbocycles. The van der Waals surface area contributed by atoms with E-state index >= 15 is 0 Å². The molecule has 0 fully saturated rings. The number of carbonyl (C=O) groups excluding carboxylic acids is 1. The van der Waals surface area contributed by atoms with Gasteiger partial charge in [0.1, 0.15) is 0 Å². The molecule has 0 aliphatic heterocycles. The Hall–Kier alpha value is -1.89. The highest BCUT2D eigenvalue weighted by atomic mass is 32.2. The van der Waals surface area contributed by atoms with E-state index in [1.54, 1.807) is 12.1 Å². The summed E-state index contributed by atoms with van der Waals surface area (Å²) in [5, 5.41) is 10.7. The third kappa shape index (κ3) is 4.96. The topological polar surface area (TPSA) is 66.4 Å². The Morgan fingerprint density at radius 1 is 1.28 bits per heavy atom. The number of benzene rings is 1. The van der Waals surface area contributed by atoms with Crippen molar-refractivity contribution >= 4 is 29.3 Å². The lowest BCUT2D eigenvalue weighted by molar-refractivity contribution is -0.131. The minimum Gasteiger partial charge on any atom is -0.478 e. The first-order chi connectivity index (χ1) is 8.49. The maximum atomic E-state index is 12.3. The standard InChI is InChI=1S/C11H9F2NO3S/c12-11(13)18-8-4-2-1-3-7(8)14-9(15)5-6-10(16)17/h1-6,11H,(H,14,15)(H,16,17). The highest BCUT2D eigenvalue weighted by Gasteiger charge is 2.10. The third-order valence-corrected chi connectivity index (χ3v) is 2.53. The van der Waals surface area contributed by atoms with Crippen molar-refractivity contribution in [3.8, 4) is 0 Å². The van der Waals surface area contributed by atoms with Gasteiger partial charge in [0.2, 0.25) is 5.91 Å². The van der Waals surface area contributed by atoms with Crippen LogP contribution >= 0.6 is 11.8 Å². The van der Waals surface area contributed by atoms with Crippen molar-refractivity contribution < 1.29 is 23.5 Å². The van der Waals surface area contributed by atoms with E-state index in [0.717, 1.165) is 6.08 Å². The number of halogens is 2. The van der Waals surface area contributed by atoms with Crippen LogP contribution in [0.5, 0.6) is 0 Å². The summed E-state index contributed by atoms with van der Waals surface area (Å²) in [4.78, 5) is 21.7. The van der Waals surface area contributed by atoms with Crippen LogP contribution in [0.15, 0.2) is 41.3 Å². The highest BCUT2D eigenvalue weighted by molar-refractivity contribution is 7.99. The largest absolute Gasteiger partial charge is 0.478 e. The first-order valence-electron chi connectivity index (χ1n) is 4.75. The maximum Gasteiger partial charge on any atom is 0.328 e. The first kappa shape index (κ1) is 14.2. The van der Waals surface area contributed by atoms with Crippen LogP contribution in [-0.2, 0) is 9.59 Å². The molecule has 2 N–H and O–H groups in total. The summed E-state index contributed by atoms with van der Waals surface area (Å²) in [6.45, 7) is 0. The van der Waals surface area contributed by atoms with Crippen LogP contribution in [0.2, 0.25) is 0 Å². The van der Waals surface area contributed by atoms with Gasteiger partial charge in [0.25, 0.3) is 5.76 Å². The number of para-hydroxylation sites is 1. The molecule has 0 heterocycles. The normalized spacial score (nSPS) is 10.8. The van der Waals surface area contributed by atoms with Crippen molar-refractivity contribution in [2.75, 3.05) is 5.32 Å². The minimum absolute atomic E-state index is 0.211. The zero-order chi connectivity index (χ0) is 13.5. The van der Waals surface area contributed by atoms with Gasteiger partial charge in [0, 0.05) is 17.0 Å². The van der Waals surface area contributed by atoms with Gasteiger partial charge in [-0.1, -0.05) is 23.9 Å². The fourth-order valence-electron chi connectivity index (χ4n) is 1.09. The number of nitrogens with one attached hydrogen (secondary N) is 1. The molecule has 1 rings (SSSR count). The molecule has 1 amide bonds. The van der Waals surface area contributed by atoms with Gasteiger partial charge in [0.15, 0.2) is 0 Å². The fourth-order valence-corrected chi connectivity index (χ4v) is 1.69. The molecule has 0 unspecified atom stereocenters. The van der Waals surface area contributed by atoms with E-state index < -0.39 is 17.6 Å². The van der Waals surface area contributed by atoms with Gasteiger partial charge in [-0.05, 0) is 12.1 Å². The molecule has 1 aromatic carbocycles. The zero-order valence-electron chi connectivity index (χ0n) is 8.97. The first-order valence-corrected chi connectivity index (χ1v) is 5.63. The summed E-state index contributed by atoms with van der Waals surface area (Å²) >= 11 is 0.303. The molecule has 0 atom stereocenters. The number of amides is 1. The Balaban J connectivity index is 2.77. The molecule has 4 nitrogen and oxygen atoms in total. The van der Waals surface area contributed by atoms with Crippen molar-refractivity contribution in [1.82, 2.24) is 0 Å². The number of carboxylic acid groups (broad SMARTS) is 1. The van der Waals surface area contributed by atoms with Crippen molar-refractivity contribution in [2.45, 2.75) is 10.7 Å². The Bertz CT molecular complexity index is 477. The zero-order valence-corrected chi connectivity index (χ0v) is 9.79. The van der Waals surface area contributed by atoms with Crippen LogP contribution in [0.25, 0.3) is 0 Å². The summed E-state index contributed by atoms with van der Waals surface area (Å²) < 4.78 is 24.5. The van der Waals surface area contributed by atoms with Gasteiger partial charge in [0.05, 0.1) is 5.69 Å². The predicted molar refractivity (Wildman–Crippen MR) is 63.7 cm³/mol. The maximum absolute atomic E-state index is 12.3. The summed E-state index contributed by atoms with van der Waals surface area (Å²) in [7, 11) is 0. The van der Waals surface area contributed by atoms with E-state index in [1.165, 1.54) is 12.1 Å². The van der Waals surface area contributed by atoms with Gasteiger partial charge in [-0.3, -0.25) is 4.79 Å². The number of carboxylic acids is 1.